The first-order valence-corrected chi connectivity index (χ1v) is 3.22. The van der Waals surface area contributed by atoms with E-state index in [0.717, 1.165) is 0 Å². The van der Waals surface area contributed by atoms with E-state index in [-0.39, 0.29) is 19.9 Å². The monoisotopic (exact) mass is 178 g/mol. The third-order valence-electron chi connectivity index (χ3n) is 0.643. The minimum Gasteiger partial charge on any atom is -0.465 e. The van der Waals surface area contributed by atoms with Crippen LogP contribution in [0.2, 0.25) is 0 Å². The van der Waals surface area contributed by atoms with Crippen LogP contribution < -0.4 is 11.1 Å². The van der Waals surface area contributed by atoms with Gasteiger partial charge in [-0.25, -0.2) is 4.79 Å². The van der Waals surface area contributed by atoms with Crippen molar-refractivity contribution in [2.75, 3.05) is 19.9 Å². The van der Waals surface area contributed by atoms with Gasteiger partial charge in [0.2, 0.25) is 0 Å². The van der Waals surface area contributed by atoms with Crippen molar-refractivity contribution in [1.82, 2.24) is 5.32 Å². The number of rotatable bonds is 3. The second-order valence-electron chi connectivity index (χ2n) is 1.52. The Morgan fingerprint density at radius 1 is 1.42 bits per heavy atom. The molecule has 0 aromatic heterocycles. The molecular formula is C6H14N2O4. The molecule has 0 aromatic rings. The maximum Gasteiger partial charge on any atom is 0.404 e. The maximum absolute atomic E-state index is 9.75. The molecule has 0 radical (unpaired) electrons. The van der Waals surface area contributed by atoms with Crippen LogP contribution in [0.4, 0.5) is 4.79 Å². The molecule has 12 heavy (non-hydrogen) atoms. The van der Waals surface area contributed by atoms with Gasteiger partial charge in [0, 0.05) is 6.54 Å². The quantitative estimate of drug-likeness (QED) is 0.272. The molecule has 0 aliphatic rings. The summed E-state index contributed by atoms with van der Waals surface area (Å²) < 4.78 is 0. The van der Waals surface area contributed by atoms with E-state index in [1.807, 2.05) is 0 Å². The largest absolute Gasteiger partial charge is 0.465 e. The number of nitrogens with two attached hydrogens (primary N) is 1. The fourth-order valence-electron chi connectivity index (χ4n) is 0.304. The van der Waals surface area contributed by atoms with Crippen molar-refractivity contribution < 1.29 is 20.1 Å². The number of hydrogen-bond donors (Lipinski definition) is 5. The Kier molecular flexibility index (Phi) is 14.1. The summed E-state index contributed by atoms with van der Waals surface area (Å²) in [4.78, 5) is 9.75. The lowest BCUT2D eigenvalue weighted by Gasteiger charge is -1.90. The van der Waals surface area contributed by atoms with Gasteiger partial charge in [-0.1, -0.05) is 12.2 Å². The predicted octanol–water partition coefficient (Wildman–Crippen LogP) is -1.30. The SMILES string of the molecule is NCO.O=C(O)NCC=CCO. The first-order valence-electron chi connectivity index (χ1n) is 3.22. The van der Waals surface area contributed by atoms with Crippen molar-refractivity contribution in [3.05, 3.63) is 12.2 Å². The highest BCUT2D eigenvalue weighted by molar-refractivity contribution is 5.64. The Hall–Kier alpha value is -1.11. The second-order valence-corrected chi connectivity index (χ2v) is 1.52. The van der Waals surface area contributed by atoms with Gasteiger partial charge in [-0.3, -0.25) is 0 Å². The summed E-state index contributed by atoms with van der Waals surface area (Å²) in [6.07, 6.45) is 1.95. The molecule has 1 amide bonds. The molecule has 6 heteroatoms. The fourth-order valence-corrected chi connectivity index (χ4v) is 0.304. The van der Waals surface area contributed by atoms with Crippen LogP contribution in [0.25, 0.3) is 0 Å². The molecule has 0 rings (SSSR count). The number of nitrogens with one attached hydrogen (secondary N) is 1. The molecule has 0 unspecified atom stereocenters. The standard InChI is InChI=1S/C5H9NO3.CH5NO/c7-4-2-1-3-6-5(8)9;2-1-3/h1-2,6-7H,3-4H2,(H,8,9);3H,1-2H2. The minimum absolute atomic E-state index is 0.0543. The predicted molar refractivity (Wildman–Crippen MR) is 43.5 cm³/mol. The smallest absolute Gasteiger partial charge is 0.404 e. The molecule has 0 aliphatic heterocycles. The lowest BCUT2D eigenvalue weighted by molar-refractivity contribution is 0.195. The van der Waals surface area contributed by atoms with Crippen LogP contribution in [0.5, 0.6) is 0 Å². The Bertz CT molecular complexity index is 127. The van der Waals surface area contributed by atoms with Crippen molar-refractivity contribution in [3.63, 3.8) is 0 Å². The molecule has 0 spiro atoms. The van der Waals surface area contributed by atoms with E-state index in [4.69, 9.17) is 15.3 Å². The van der Waals surface area contributed by atoms with Crippen LogP contribution in [0.15, 0.2) is 12.2 Å². The molecule has 0 saturated heterocycles. The van der Waals surface area contributed by atoms with Gasteiger partial charge >= 0.3 is 6.09 Å². The van der Waals surface area contributed by atoms with Crippen molar-refractivity contribution in [2.24, 2.45) is 5.73 Å². The van der Waals surface area contributed by atoms with Crippen LogP contribution in [0, 0.1) is 0 Å². The highest BCUT2D eigenvalue weighted by atomic mass is 16.4. The number of amides is 1. The van der Waals surface area contributed by atoms with Gasteiger partial charge in [0.05, 0.1) is 13.3 Å². The summed E-state index contributed by atoms with van der Waals surface area (Å²) in [5.74, 6) is 0. The number of hydrogen-bond acceptors (Lipinski definition) is 4. The van der Waals surface area contributed by atoms with E-state index in [0.29, 0.717) is 0 Å². The summed E-state index contributed by atoms with van der Waals surface area (Å²) in [5, 5.41) is 25.6. The van der Waals surface area contributed by atoms with Gasteiger partial charge < -0.3 is 26.4 Å². The zero-order chi connectivity index (χ0) is 9.82. The topological polar surface area (TPSA) is 116 Å². The van der Waals surface area contributed by atoms with Crippen LogP contribution in [-0.2, 0) is 0 Å². The molecule has 0 aliphatic carbocycles. The van der Waals surface area contributed by atoms with Gasteiger partial charge in [0.1, 0.15) is 0 Å². The summed E-state index contributed by atoms with van der Waals surface area (Å²) >= 11 is 0. The van der Waals surface area contributed by atoms with Crippen molar-refractivity contribution in [1.29, 1.82) is 0 Å². The fraction of sp³-hybridized carbons (Fsp3) is 0.500. The molecule has 6 nitrogen and oxygen atoms in total. The first-order chi connectivity index (χ1) is 5.68. The van der Waals surface area contributed by atoms with Gasteiger partial charge in [-0.2, -0.15) is 0 Å². The zero-order valence-corrected chi connectivity index (χ0v) is 6.60. The molecule has 0 saturated carbocycles. The number of carbonyl (C=O) groups is 1. The second kappa shape index (κ2) is 12.6. The van der Waals surface area contributed by atoms with Crippen molar-refractivity contribution in [3.8, 4) is 0 Å². The number of aliphatic hydroxyl groups excluding tert-OH is 2. The van der Waals surface area contributed by atoms with Crippen LogP contribution in [-0.4, -0.2) is 41.3 Å². The van der Waals surface area contributed by atoms with Crippen molar-refractivity contribution >= 4 is 6.09 Å². The third-order valence-corrected chi connectivity index (χ3v) is 0.643. The Morgan fingerprint density at radius 3 is 2.25 bits per heavy atom. The van der Waals surface area contributed by atoms with E-state index < -0.39 is 6.09 Å². The Morgan fingerprint density at radius 2 is 1.92 bits per heavy atom. The highest BCUT2D eigenvalue weighted by Gasteiger charge is 1.85. The average Bonchev–Trinajstić information content (AvgIpc) is 1.99. The van der Waals surface area contributed by atoms with E-state index in [9.17, 15) is 4.79 Å². The molecular weight excluding hydrogens is 164 g/mol. The van der Waals surface area contributed by atoms with Crippen LogP contribution in [0.1, 0.15) is 0 Å². The van der Waals surface area contributed by atoms with Gasteiger partial charge in [0.15, 0.2) is 0 Å². The van der Waals surface area contributed by atoms with E-state index in [2.05, 4.69) is 11.1 Å². The Labute approximate surface area is 70.3 Å². The molecule has 0 fully saturated rings. The van der Waals surface area contributed by atoms with E-state index >= 15 is 0 Å². The summed E-state index contributed by atoms with van der Waals surface area (Å²) in [7, 11) is 0. The molecule has 0 atom stereocenters. The summed E-state index contributed by atoms with van der Waals surface area (Å²) in [6, 6.07) is 0. The van der Waals surface area contributed by atoms with Crippen LogP contribution >= 0.6 is 0 Å². The maximum atomic E-state index is 9.75. The third kappa shape index (κ3) is 23.1. The Balaban J connectivity index is 0. The van der Waals surface area contributed by atoms with Gasteiger partial charge in [-0.15, -0.1) is 0 Å². The normalized spacial score (nSPS) is 8.92. The zero-order valence-electron chi connectivity index (χ0n) is 6.60. The average molecular weight is 178 g/mol. The number of carboxylic acid groups (broad SMARTS) is 1. The highest BCUT2D eigenvalue weighted by Crippen LogP contribution is 1.67. The van der Waals surface area contributed by atoms with E-state index in [1.165, 1.54) is 12.2 Å². The lowest BCUT2D eigenvalue weighted by Crippen LogP contribution is -2.20. The molecule has 0 bridgehead atoms. The molecule has 0 heterocycles. The lowest BCUT2D eigenvalue weighted by atomic mass is 10.5. The van der Waals surface area contributed by atoms with E-state index in [1.54, 1.807) is 0 Å². The van der Waals surface area contributed by atoms with Gasteiger partial charge in [-0.05, 0) is 0 Å². The number of aliphatic hydroxyl groups is 2. The summed E-state index contributed by atoms with van der Waals surface area (Å²) in [5.41, 5.74) is 4.40. The van der Waals surface area contributed by atoms with Crippen LogP contribution in [0.3, 0.4) is 0 Å². The first kappa shape index (κ1) is 13.5. The summed E-state index contributed by atoms with van der Waals surface area (Å²) in [6.45, 7) is -0.0583. The van der Waals surface area contributed by atoms with Gasteiger partial charge in [0.25, 0.3) is 0 Å². The molecule has 0 aromatic carbocycles. The minimum atomic E-state index is -1.06. The van der Waals surface area contributed by atoms with Crippen molar-refractivity contribution in [2.45, 2.75) is 0 Å². The molecule has 72 valence electrons. The molecule has 6 N–H and O–H groups in total.